The van der Waals surface area contributed by atoms with Crippen molar-refractivity contribution in [1.29, 1.82) is 0 Å². The Labute approximate surface area is 197 Å². The molecule has 1 aromatic heterocycles. The summed E-state index contributed by atoms with van der Waals surface area (Å²) in [4.78, 5) is 16.6. The number of carbonyl (C=O) groups is 1. The molecule has 178 valence electrons. The maximum atomic E-state index is 12.1. The molecule has 0 amide bonds. The van der Waals surface area contributed by atoms with Gasteiger partial charge in [0.25, 0.3) is 0 Å². The van der Waals surface area contributed by atoms with Crippen LogP contribution in [-0.2, 0) is 9.53 Å². The van der Waals surface area contributed by atoms with E-state index in [-0.39, 0.29) is 12.1 Å². The standard InChI is InChI=1S/C26H36N4O3/c1-3-14-27-22-17-24(30-28-19-21-10-7-9-20(2)16-21)29-25(18-22)32-15-8-13-26(31)33-23-11-5-4-6-12-23/h7,9-10,16-19,23H,3-6,8,11-15H2,1-2H3,(H2,27,29,30)/b28-19+. The highest BCUT2D eigenvalue weighted by molar-refractivity contribution is 5.80. The van der Waals surface area contributed by atoms with Crippen molar-refractivity contribution in [2.75, 3.05) is 23.9 Å². The summed E-state index contributed by atoms with van der Waals surface area (Å²) >= 11 is 0. The monoisotopic (exact) mass is 452 g/mol. The molecule has 0 atom stereocenters. The molecule has 1 fully saturated rings. The fourth-order valence-corrected chi connectivity index (χ4v) is 3.75. The van der Waals surface area contributed by atoms with Gasteiger partial charge in [-0.3, -0.25) is 10.2 Å². The van der Waals surface area contributed by atoms with Gasteiger partial charge >= 0.3 is 5.97 Å². The number of nitrogens with one attached hydrogen (secondary N) is 2. The Morgan fingerprint density at radius 3 is 2.85 bits per heavy atom. The van der Waals surface area contributed by atoms with E-state index in [9.17, 15) is 4.79 Å². The fraction of sp³-hybridized carbons (Fsp3) is 0.500. The first-order valence-corrected chi connectivity index (χ1v) is 12.1. The van der Waals surface area contributed by atoms with Crippen LogP contribution < -0.4 is 15.5 Å². The van der Waals surface area contributed by atoms with Crippen LogP contribution in [0.4, 0.5) is 11.5 Å². The van der Waals surface area contributed by atoms with Crippen LogP contribution in [0, 0.1) is 6.92 Å². The molecule has 0 radical (unpaired) electrons. The molecule has 7 nitrogen and oxygen atoms in total. The van der Waals surface area contributed by atoms with Gasteiger partial charge in [0.1, 0.15) is 6.10 Å². The first-order valence-electron chi connectivity index (χ1n) is 12.1. The largest absolute Gasteiger partial charge is 0.478 e. The van der Waals surface area contributed by atoms with Crippen LogP contribution in [0.15, 0.2) is 41.5 Å². The summed E-state index contributed by atoms with van der Waals surface area (Å²) in [6, 6.07) is 11.9. The third kappa shape index (κ3) is 9.12. The molecular weight excluding hydrogens is 416 g/mol. The Kier molecular flexibility index (Phi) is 10.0. The van der Waals surface area contributed by atoms with Crippen LogP contribution in [-0.4, -0.2) is 36.4 Å². The molecule has 1 saturated carbocycles. The van der Waals surface area contributed by atoms with E-state index >= 15 is 0 Å². The second-order valence-electron chi connectivity index (χ2n) is 8.49. The summed E-state index contributed by atoms with van der Waals surface area (Å²) in [5.41, 5.74) is 6.09. The minimum atomic E-state index is -0.135. The number of ether oxygens (including phenoxy) is 2. The zero-order valence-corrected chi connectivity index (χ0v) is 19.8. The highest BCUT2D eigenvalue weighted by atomic mass is 16.5. The van der Waals surface area contributed by atoms with Gasteiger partial charge in [0.05, 0.1) is 12.8 Å². The topological polar surface area (TPSA) is 84.8 Å². The van der Waals surface area contributed by atoms with Crippen LogP contribution in [0.25, 0.3) is 0 Å². The number of hydrogen-bond acceptors (Lipinski definition) is 7. The molecule has 33 heavy (non-hydrogen) atoms. The van der Waals surface area contributed by atoms with Gasteiger partial charge in [-0.25, -0.2) is 0 Å². The number of hydrazone groups is 1. The van der Waals surface area contributed by atoms with E-state index in [0.717, 1.165) is 49.9 Å². The lowest BCUT2D eigenvalue weighted by molar-refractivity contribution is -0.150. The maximum Gasteiger partial charge on any atom is 0.306 e. The minimum Gasteiger partial charge on any atom is -0.478 e. The van der Waals surface area contributed by atoms with Gasteiger partial charge in [0, 0.05) is 30.8 Å². The predicted octanol–water partition coefficient (Wildman–Crippen LogP) is 5.69. The average molecular weight is 453 g/mol. The molecule has 0 saturated heterocycles. The summed E-state index contributed by atoms with van der Waals surface area (Å²) in [5.74, 6) is 0.946. The van der Waals surface area contributed by atoms with Crippen molar-refractivity contribution in [2.45, 2.75) is 71.3 Å². The number of benzene rings is 1. The molecule has 7 heteroatoms. The second-order valence-corrected chi connectivity index (χ2v) is 8.49. The van der Waals surface area contributed by atoms with Gasteiger partial charge in [-0.1, -0.05) is 43.2 Å². The summed E-state index contributed by atoms with van der Waals surface area (Å²) in [5, 5.41) is 7.67. The van der Waals surface area contributed by atoms with Crippen LogP contribution in [0.1, 0.15) is 69.4 Å². The third-order valence-electron chi connectivity index (χ3n) is 5.44. The number of nitrogens with zero attached hydrogens (tertiary/aromatic N) is 2. The highest BCUT2D eigenvalue weighted by Gasteiger charge is 2.17. The number of esters is 1. The molecule has 1 aromatic carbocycles. The van der Waals surface area contributed by atoms with Crippen molar-refractivity contribution in [3.05, 3.63) is 47.5 Å². The van der Waals surface area contributed by atoms with Crippen LogP contribution in [0.3, 0.4) is 0 Å². The molecule has 0 aliphatic heterocycles. The summed E-state index contributed by atoms with van der Waals surface area (Å²) < 4.78 is 11.4. The minimum absolute atomic E-state index is 0.101. The molecule has 1 heterocycles. The Balaban J connectivity index is 1.51. The molecule has 0 unspecified atom stereocenters. The van der Waals surface area contributed by atoms with E-state index in [1.807, 2.05) is 24.3 Å². The van der Waals surface area contributed by atoms with Gasteiger partial charge in [-0.05, 0) is 51.0 Å². The van der Waals surface area contributed by atoms with Crippen LogP contribution in [0.5, 0.6) is 5.88 Å². The zero-order chi connectivity index (χ0) is 23.3. The summed E-state index contributed by atoms with van der Waals surface area (Å²) in [6.07, 6.45) is 9.36. The van der Waals surface area contributed by atoms with Crippen molar-refractivity contribution in [1.82, 2.24) is 4.98 Å². The van der Waals surface area contributed by atoms with Crippen LogP contribution in [0.2, 0.25) is 0 Å². The van der Waals surface area contributed by atoms with E-state index < -0.39 is 0 Å². The lowest BCUT2D eigenvalue weighted by Crippen LogP contribution is -2.21. The molecule has 0 spiro atoms. The highest BCUT2D eigenvalue weighted by Crippen LogP contribution is 2.22. The number of carbonyl (C=O) groups excluding carboxylic acids is 1. The smallest absolute Gasteiger partial charge is 0.306 e. The van der Waals surface area contributed by atoms with E-state index in [1.165, 1.54) is 12.0 Å². The summed E-state index contributed by atoms with van der Waals surface area (Å²) in [7, 11) is 0. The first-order chi connectivity index (χ1) is 16.1. The van der Waals surface area contributed by atoms with Gasteiger partial charge < -0.3 is 14.8 Å². The number of anilines is 2. The zero-order valence-electron chi connectivity index (χ0n) is 19.8. The normalized spacial score (nSPS) is 14.2. The van der Waals surface area contributed by atoms with Crippen molar-refractivity contribution >= 4 is 23.7 Å². The second kappa shape index (κ2) is 13.5. The number of rotatable bonds is 12. The molecule has 0 bridgehead atoms. The SMILES string of the molecule is CCCNc1cc(N/N=C/c2cccc(C)c2)nc(OCCCC(=O)OC2CCCCC2)c1. The van der Waals surface area contributed by atoms with E-state index in [1.54, 1.807) is 6.21 Å². The van der Waals surface area contributed by atoms with E-state index in [0.29, 0.717) is 31.1 Å². The van der Waals surface area contributed by atoms with Crippen LogP contribution >= 0.6 is 0 Å². The average Bonchev–Trinajstić information content (AvgIpc) is 2.81. The van der Waals surface area contributed by atoms with Gasteiger partial charge in [0.15, 0.2) is 5.82 Å². The Morgan fingerprint density at radius 1 is 1.21 bits per heavy atom. The number of pyridine rings is 1. The van der Waals surface area contributed by atoms with Crippen molar-refractivity contribution < 1.29 is 14.3 Å². The summed E-state index contributed by atoms with van der Waals surface area (Å²) in [6.45, 7) is 5.41. The third-order valence-corrected chi connectivity index (χ3v) is 5.44. The molecule has 1 aliphatic rings. The Bertz CT molecular complexity index is 910. The molecule has 2 N–H and O–H groups in total. The van der Waals surface area contributed by atoms with Crippen molar-refractivity contribution in [3.63, 3.8) is 0 Å². The van der Waals surface area contributed by atoms with Crippen molar-refractivity contribution in [2.24, 2.45) is 5.10 Å². The fourth-order valence-electron chi connectivity index (χ4n) is 3.75. The lowest BCUT2D eigenvalue weighted by Gasteiger charge is -2.21. The lowest BCUT2D eigenvalue weighted by atomic mass is 9.98. The number of aryl methyl sites for hydroxylation is 1. The number of aromatic nitrogens is 1. The maximum absolute atomic E-state index is 12.1. The molecular formula is C26H36N4O3. The van der Waals surface area contributed by atoms with Crippen molar-refractivity contribution in [3.8, 4) is 5.88 Å². The quantitative estimate of drug-likeness (QED) is 0.186. The van der Waals surface area contributed by atoms with E-state index in [4.69, 9.17) is 9.47 Å². The van der Waals surface area contributed by atoms with Gasteiger partial charge in [-0.2, -0.15) is 10.1 Å². The Hall–Kier alpha value is -3.09. The molecule has 2 aromatic rings. The molecule has 1 aliphatic carbocycles. The number of hydrogen-bond donors (Lipinski definition) is 2. The first kappa shape index (κ1) is 24.6. The van der Waals surface area contributed by atoms with Gasteiger partial charge in [0.2, 0.25) is 5.88 Å². The van der Waals surface area contributed by atoms with Gasteiger partial charge in [-0.15, -0.1) is 0 Å². The molecule has 3 rings (SSSR count). The Morgan fingerprint density at radius 2 is 2.06 bits per heavy atom. The predicted molar refractivity (Wildman–Crippen MR) is 133 cm³/mol. The van der Waals surface area contributed by atoms with E-state index in [2.05, 4.69) is 46.8 Å².